The fraction of sp³-hybridized carbons (Fsp3) is 0.0714. The van der Waals surface area contributed by atoms with E-state index in [0.717, 1.165) is 4.47 Å². The van der Waals surface area contributed by atoms with Crippen molar-refractivity contribution in [2.24, 2.45) is 0 Å². The van der Waals surface area contributed by atoms with E-state index in [1.807, 2.05) is 0 Å². The van der Waals surface area contributed by atoms with Crippen LogP contribution >= 0.6 is 15.9 Å². The smallest absolute Gasteiger partial charge is 0.241 e. The van der Waals surface area contributed by atoms with Crippen LogP contribution in [0.1, 0.15) is 22.0 Å². The Morgan fingerprint density at radius 1 is 1.16 bits per heavy atom. The van der Waals surface area contributed by atoms with Crippen LogP contribution in [0.3, 0.4) is 0 Å². The summed E-state index contributed by atoms with van der Waals surface area (Å²) in [6, 6.07) is 10.4. The molecule has 0 bridgehead atoms. The van der Waals surface area contributed by atoms with Crippen LogP contribution in [-0.2, 0) is 4.79 Å². The first-order chi connectivity index (χ1) is 9.16. The number of amides is 1. The largest absolute Gasteiger partial charge is 0.324 e. The van der Waals surface area contributed by atoms with Gasteiger partial charge in [0.05, 0.1) is 11.4 Å². The van der Waals surface area contributed by atoms with Crippen LogP contribution in [0.25, 0.3) is 0 Å². The van der Waals surface area contributed by atoms with Gasteiger partial charge in [0.15, 0.2) is 5.78 Å². The fourth-order valence-corrected chi connectivity index (χ4v) is 2.49. The van der Waals surface area contributed by atoms with Crippen LogP contribution in [0.2, 0.25) is 0 Å². The molecule has 3 rings (SSSR count). The van der Waals surface area contributed by atoms with Crippen molar-refractivity contribution in [2.45, 2.75) is 5.92 Å². The first-order valence-corrected chi connectivity index (χ1v) is 6.51. The molecule has 0 aliphatic carbocycles. The highest BCUT2D eigenvalue weighted by atomic mass is 79.9. The van der Waals surface area contributed by atoms with E-state index < -0.39 is 5.92 Å². The molecular weight excluding hydrogens is 308 g/mol. The molecule has 94 valence electrons. The minimum absolute atomic E-state index is 0.223. The molecular formula is C14H9BrN2O2. The molecule has 0 radical (unpaired) electrons. The Bertz CT molecular complexity index is 670. The van der Waals surface area contributed by atoms with Gasteiger partial charge in [0, 0.05) is 16.2 Å². The van der Waals surface area contributed by atoms with Crippen LogP contribution in [0.4, 0.5) is 5.69 Å². The molecule has 0 spiro atoms. The van der Waals surface area contributed by atoms with E-state index in [2.05, 4.69) is 26.2 Å². The second-order valence-electron chi connectivity index (χ2n) is 4.23. The second kappa shape index (κ2) is 4.59. The van der Waals surface area contributed by atoms with Crippen LogP contribution in [-0.4, -0.2) is 16.7 Å². The molecule has 0 saturated carbocycles. The SMILES string of the molecule is O=C1Nc2ccc(Br)cc2C(=O)C1c1ccccn1. The Kier molecular flexibility index (Phi) is 2.91. The molecule has 1 atom stereocenters. The van der Waals surface area contributed by atoms with Gasteiger partial charge in [-0.2, -0.15) is 0 Å². The number of benzene rings is 1. The molecule has 2 aromatic rings. The lowest BCUT2D eigenvalue weighted by molar-refractivity contribution is -0.116. The molecule has 1 aromatic heterocycles. The van der Waals surface area contributed by atoms with E-state index in [1.165, 1.54) is 0 Å². The second-order valence-corrected chi connectivity index (χ2v) is 5.15. The molecule has 1 aliphatic rings. The summed E-state index contributed by atoms with van der Waals surface area (Å²) in [5.41, 5.74) is 1.52. The minimum Gasteiger partial charge on any atom is -0.324 e. The number of nitrogens with zero attached hydrogens (tertiary/aromatic N) is 1. The summed E-state index contributed by atoms with van der Waals surface area (Å²) < 4.78 is 0.801. The first-order valence-electron chi connectivity index (χ1n) is 5.72. The van der Waals surface area contributed by atoms with E-state index in [0.29, 0.717) is 16.9 Å². The van der Waals surface area contributed by atoms with Crippen molar-refractivity contribution in [3.8, 4) is 0 Å². The highest BCUT2D eigenvalue weighted by Crippen LogP contribution is 2.32. The Morgan fingerprint density at radius 2 is 2.00 bits per heavy atom. The van der Waals surface area contributed by atoms with Crippen LogP contribution in [0.15, 0.2) is 47.1 Å². The molecule has 5 heteroatoms. The Morgan fingerprint density at radius 3 is 2.74 bits per heavy atom. The zero-order valence-corrected chi connectivity index (χ0v) is 11.3. The quantitative estimate of drug-likeness (QED) is 0.823. The predicted octanol–water partition coefficient (Wildman–Crippen LogP) is 2.76. The number of aromatic nitrogens is 1. The molecule has 1 unspecified atom stereocenters. The van der Waals surface area contributed by atoms with Gasteiger partial charge in [-0.1, -0.05) is 22.0 Å². The number of hydrogen-bond donors (Lipinski definition) is 1. The summed E-state index contributed by atoms with van der Waals surface area (Å²) in [6.45, 7) is 0. The molecule has 0 fully saturated rings. The molecule has 4 nitrogen and oxygen atoms in total. The summed E-state index contributed by atoms with van der Waals surface area (Å²) in [5.74, 6) is -1.43. The number of carbonyl (C=O) groups excluding carboxylic acids is 2. The third-order valence-corrected chi connectivity index (χ3v) is 3.51. The fourth-order valence-electron chi connectivity index (χ4n) is 2.12. The van der Waals surface area contributed by atoms with Crippen LogP contribution in [0, 0.1) is 0 Å². The molecule has 19 heavy (non-hydrogen) atoms. The number of nitrogens with one attached hydrogen (secondary N) is 1. The number of rotatable bonds is 1. The maximum atomic E-state index is 12.5. The maximum absolute atomic E-state index is 12.5. The summed E-state index contributed by atoms with van der Waals surface area (Å²) >= 11 is 3.33. The lowest BCUT2D eigenvalue weighted by atomic mass is 9.89. The lowest BCUT2D eigenvalue weighted by Gasteiger charge is -2.23. The van der Waals surface area contributed by atoms with Gasteiger partial charge >= 0.3 is 0 Å². The van der Waals surface area contributed by atoms with Gasteiger partial charge in [0.1, 0.15) is 5.92 Å². The number of anilines is 1. The van der Waals surface area contributed by atoms with Crippen molar-refractivity contribution in [2.75, 3.05) is 5.32 Å². The van der Waals surface area contributed by atoms with E-state index in [9.17, 15) is 9.59 Å². The molecule has 1 aliphatic heterocycles. The van der Waals surface area contributed by atoms with Crippen molar-refractivity contribution in [1.29, 1.82) is 0 Å². The predicted molar refractivity (Wildman–Crippen MR) is 74.1 cm³/mol. The zero-order chi connectivity index (χ0) is 13.4. The number of carbonyl (C=O) groups is 2. The Labute approximate surface area is 118 Å². The average Bonchev–Trinajstić information content (AvgIpc) is 2.41. The van der Waals surface area contributed by atoms with E-state index >= 15 is 0 Å². The van der Waals surface area contributed by atoms with Crippen molar-refractivity contribution in [3.63, 3.8) is 0 Å². The van der Waals surface area contributed by atoms with Crippen LogP contribution < -0.4 is 5.32 Å². The number of hydrogen-bond acceptors (Lipinski definition) is 3. The van der Waals surface area contributed by atoms with Gasteiger partial charge in [-0.05, 0) is 30.3 Å². The number of ketones is 1. The first kappa shape index (κ1) is 12.0. The topological polar surface area (TPSA) is 59.1 Å². The average molecular weight is 317 g/mol. The van der Waals surface area contributed by atoms with Crippen molar-refractivity contribution < 1.29 is 9.59 Å². The maximum Gasteiger partial charge on any atom is 0.241 e. The highest BCUT2D eigenvalue weighted by Gasteiger charge is 2.36. The normalized spacial score (nSPS) is 17.8. The molecule has 1 amide bonds. The van der Waals surface area contributed by atoms with Crippen molar-refractivity contribution in [3.05, 3.63) is 58.3 Å². The van der Waals surface area contributed by atoms with E-state index in [1.54, 1.807) is 42.6 Å². The third kappa shape index (κ3) is 2.06. The lowest BCUT2D eigenvalue weighted by Crippen LogP contribution is -2.34. The molecule has 2 heterocycles. The zero-order valence-electron chi connectivity index (χ0n) is 9.76. The summed E-state index contributed by atoms with van der Waals surface area (Å²) in [5, 5.41) is 2.75. The monoisotopic (exact) mass is 316 g/mol. The van der Waals surface area contributed by atoms with Gasteiger partial charge in [-0.25, -0.2) is 0 Å². The van der Waals surface area contributed by atoms with E-state index in [4.69, 9.17) is 0 Å². The van der Waals surface area contributed by atoms with Gasteiger partial charge in [-0.15, -0.1) is 0 Å². The summed E-state index contributed by atoms with van der Waals surface area (Å²) in [7, 11) is 0. The van der Waals surface area contributed by atoms with Gasteiger partial charge < -0.3 is 5.32 Å². The Hall–Kier alpha value is -2.01. The van der Waals surface area contributed by atoms with Crippen molar-refractivity contribution >= 4 is 33.3 Å². The molecule has 1 aromatic carbocycles. The Balaban J connectivity index is 2.10. The number of halogens is 1. The van der Waals surface area contributed by atoms with Crippen LogP contribution in [0.5, 0.6) is 0 Å². The highest BCUT2D eigenvalue weighted by molar-refractivity contribution is 9.10. The van der Waals surface area contributed by atoms with Gasteiger partial charge in [-0.3, -0.25) is 14.6 Å². The van der Waals surface area contributed by atoms with E-state index in [-0.39, 0.29) is 11.7 Å². The standard InChI is InChI=1S/C14H9BrN2O2/c15-8-4-5-10-9(7-8)13(18)12(14(19)17-10)11-3-1-2-6-16-11/h1-7,12H,(H,17,19). The third-order valence-electron chi connectivity index (χ3n) is 3.01. The van der Waals surface area contributed by atoms with Gasteiger partial charge in [0.25, 0.3) is 0 Å². The summed E-state index contributed by atoms with van der Waals surface area (Å²) in [4.78, 5) is 28.6. The number of pyridine rings is 1. The number of fused-ring (bicyclic) bond motifs is 1. The number of Topliss-reactive ketones (excluding diaryl/α,β-unsaturated/α-hetero) is 1. The minimum atomic E-state index is -0.872. The molecule has 0 saturated heterocycles. The summed E-state index contributed by atoms with van der Waals surface area (Å²) in [6.07, 6.45) is 1.58. The van der Waals surface area contributed by atoms with Crippen molar-refractivity contribution in [1.82, 2.24) is 4.98 Å². The van der Waals surface area contributed by atoms with Gasteiger partial charge in [0.2, 0.25) is 5.91 Å². The molecule has 1 N–H and O–H groups in total.